The quantitative estimate of drug-likeness (QED) is 0.889. The smallest absolute Gasteiger partial charge is 0.235 e. The Balaban J connectivity index is 2.50. The minimum atomic E-state index is -1.32. The number of rotatable bonds is 4. The van der Waals surface area contributed by atoms with Crippen LogP contribution in [0.3, 0.4) is 0 Å². The number of fused-ring (bicyclic) bond motifs is 1. The van der Waals surface area contributed by atoms with Gasteiger partial charge in [-0.05, 0) is 30.6 Å². The fraction of sp³-hybridized carbons (Fsp3) is 0.364. The van der Waals surface area contributed by atoms with Gasteiger partial charge in [-0.15, -0.1) is 0 Å². The first kappa shape index (κ1) is 11.1. The molecule has 0 amide bonds. The maximum atomic E-state index is 12.9. The number of alkyl halides is 1. The molecule has 86 valence electrons. The van der Waals surface area contributed by atoms with E-state index in [1.165, 1.54) is 18.5 Å². The van der Waals surface area contributed by atoms with E-state index in [2.05, 4.69) is 9.69 Å². The van der Waals surface area contributed by atoms with Gasteiger partial charge in [-0.25, -0.2) is 4.39 Å². The van der Waals surface area contributed by atoms with Gasteiger partial charge < -0.3 is 10.1 Å². The Morgan fingerprint density at radius 2 is 2.38 bits per heavy atom. The number of halogens is 1. The van der Waals surface area contributed by atoms with Crippen molar-refractivity contribution in [1.29, 1.82) is 0 Å². The van der Waals surface area contributed by atoms with Crippen LogP contribution in [0.2, 0.25) is 0 Å². The van der Waals surface area contributed by atoms with E-state index >= 15 is 0 Å². The summed E-state index contributed by atoms with van der Waals surface area (Å²) < 4.78 is 23.3. The Bertz CT molecular complexity index is 484. The molecule has 2 aromatic rings. The van der Waals surface area contributed by atoms with Gasteiger partial charge in [0.25, 0.3) is 0 Å². The van der Waals surface area contributed by atoms with Crippen LogP contribution in [0.1, 0.15) is 13.8 Å². The van der Waals surface area contributed by atoms with E-state index in [1.54, 1.807) is 6.07 Å². The van der Waals surface area contributed by atoms with E-state index in [-0.39, 0.29) is 0 Å². The van der Waals surface area contributed by atoms with Gasteiger partial charge in [0.05, 0.1) is 10.1 Å². The van der Waals surface area contributed by atoms with E-state index < -0.39 is 6.36 Å². The predicted molar refractivity (Wildman–Crippen MR) is 65.0 cm³/mol. The average molecular weight is 240 g/mol. The van der Waals surface area contributed by atoms with Crippen molar-refractivity contribution < 1.29 is 9.13 Å². The molecule has 0 saturated carbocycles. The van der Waals surface area contributed by atoms with Crippen LogP contribution in [0.5, 0.6) is 5.75 Å². The van der Waals surface area contributed by atoms with Gasteiger partial charge in [0, 0.05) is 13.5 Å². The highest BCUT2D eigenvalue weighted by molar-refractivity contribution is 7.13. The lowest BCUT2D eigenvalue weighted by atomic mass is 10.2. The summed E-state index contributed by atoms with van der Waals surface area (Å²) in [6.45, 7) is 4.14. The van der Waals surface area contributed by atoms with Crippen molar-refractivity contribution in [2.75, 3.05) is 11.9 Å². The van der Waals surface area contributed by atoms with Gasteiger partial charge in [-0.2, -0.15) is 4.37 Å². The summed E-state index contributed by atoms with van der Waals surface area (Å²) in [4.78, 5) is 0. The summed E-state index contributed by atoms with van der Waals surface area (Å²) in [5, 5.41) is 4.00. The third-order valence-corrected chi connectivity index (χ3v) is 2.90. The van der Waals surface area contributed by atoms with Crippen LogP contribution < -0.4 is 10.1 Å². The number of ether oxygens (including phenoxy) is 1. The molecule has 1 N–H and O–H groups in total. The standard InChI is InChI=1S/C11H13FN2OS/c1-3-13-11-10-8(15-7(2)12)5-4-6-9(10)16-14-11/h4-7H,3H2,1-2H3,(H,13,14). The van der Waals surface area contributed by atoms with Crippen LogP contribution in [0.25, 0.3) is 10.1 Å². The van der Waals surface area contributed by atoms with Gasteiger partial charge >= 0.3 is 0 Å². The molecule has 1 aromatic heterocycles. The van der Waals surface area contributed by atoms with Gasteiger partial charge in [0.1, 0.15) is 5.75 Å². The number of hydrogen-bond acceptors (Lipinski definition) is 4. The predicted octanol–water partition coefficient (Wildman–Crippen LogP) is 3.42. The van der Waals surface area contributed by atoms with E-state index in [0.717, 1.165) is 22.4 Å². The zero-order valence-corrected chi connectivity index (χ0v) is 9.97. The lowest BCUT2D eigenvalue weighted by Crippen LogP contribution is -2.04. The van der Waals surface area contributed by atoms with Crippen LogP contribution in [0.15, 0.2) is 18.2 Å². The number of hydrogen-bond donors (Lipinski definition) is 1. The molecule has 0 bridgehead atoms. The van der Waals surface area contributed by atoms with Crippen molar-refractivity contribution in [3.8, 4) is 5.75 Å². The molecule has 1 heterocycles. The van der Waals surface area contributed by atoms with Crippen LogP contribution in [0.4, 0.5) is 10.2 Å². The average Bonchev–Trinajstić information content (AvgIpc) is 2.62. The normalized spacial score (nSPS) is 12.7. The monoisotopic (exact) mass is 240 g/mol. The first-order valence-corrected chi connectivity index (χ1v) is 5.92. The first-order valence-electron chi connectivity index (χ1n) is 5.15. The number of benzene rings is 1. The fourth-order valence-electron chi connectivity index (χ4n) is 1.52. The first-order chi connectivity index (χ1) is 7.72. The van der Waals surface area contributed by atoms with Crippen LogP contribution in [0, 0.1) is 0 Å². The van der Waals surface area contributed by atoms with Gasteiger partial charge in [-0.1, -0.05) is 6.07 Å². The number of nitrogens with zero attached hydrogens (tertiary/aromatic N) is 1. The second-order valence-corrected chi connectivity index (χ2v) is 4.16. The van der Waals surface area contributed by atoms with Gasteiger partial charge in [-0.3, -0.25) is 0 Å². The van der Waals surface area contributed by atoms with E-state index in [0.29, 0.717) is 5.75 Å². The number of nitrogens with one attached hydrogen (secondary N) is 1. The van der Waals surface area contributed by atoms with Crippen molar-refractivity contribution in [2.24, 2.45) is 0 Å². The summed E-state index contributed by atoms with van der Waals surface area (Å²) >= 11 is 1.38. The largest absolute Gasteiger partial charge is 0.460 e. The second kappa shape index (κ2) is 4.65. The molecular formula is C11H13FN2OS. The lowest BCUT2D eigenvalue weighted by molar-refractivity contribution is 0.0878. The highest BCUT2D eigenvalue weighted by Gasteiger charge is 2.12. The van der Waals surface area contributed by atoms with Crippen molar-refractivity contribution in [2.45, 2.75) is 20.2 Å². The molecule has 0 aliphatic heterocycles. The maximum absolute atomic E-state index is 12.9. The number of aromatic nitrogens is 1. The van der Waals surface area contributed by atoms with E-state index in [9.17, 15) is 4.39 Å². The summed E-state index contributed by atoms with van der Waals surface area (Å²) in [6, 6.07) is 5.55. The molecule has 2 rings (SSSR count). The summed E-state index contributed by atoms with van der Waals surface area (Å²) in [5.74, 6) is 1.30. The van der Waals surface area contributed by atoms with Crippen molar-refractivity contribution in [1.82, 2.24) is 4.37 Å². The van der Waals surface area contributed by atoms with Gasteiger partial charge in [0.15, 0.2) is 5.82 Å². The molecule has 1 aromatic carbocycles. The molecule has 5 heteroatoms. The molecule has 1 unspecified atom stereocenters. The molecule has 0 radical (unpaired) electrons. The van der Waals surface area contributed by atoms with Crippen molar-refractivity contribution >= 4 is 27.4 Å². The van der Waals surface area contributed by atoms with E-state index in [1.807, 2.05) is 19.1 Å². The Morgan fingerprint density at radius 1 is 1.56 bits per heavy atom. The molecule has 0 aliphatic rings. The third kappa shape index (κ3) is 2.09. The SMILES string of the molecule is CCNc1nsc2cccc(OC(C)F)c12. The Morgan fingerprint density at radius 3 is 3.06 bits per heavy atom. The number of anilines is 1. The van der Waals surface area contributed by atoms with Crippen LogP contribution in [-0.2, 0) is 0 Å². The van der Waals surface area contributed by atoms with E-state index in [4.69, 9.17) is 4.74 Å². The Labute approximate surface area is 97.4 Å². The van der Waals surface area contributed by atoms with Crippen molar-refractivity contribution in [3.63, 3.8) is 0 Å². The third-order valence-electron chi connectivity index (χ3n) is 2.09. The highest BCUT2D eigenvalue weighted by Crippen LogP contribution is 2.35. The Kier molecular flexibility index (Phi) is 3.24. The fourth-order valence-corrected chi connectivity index (χ4v) is 2.30. The molecule has 1 atom stereocenters. The molecule has 16 heavy (non-hydrogen) atoms. The lowest BCUT2D eigenvalue weighted by Gasteiger charge is -2.09. The molecule has 0 saturated heterocycles. The van der Waals surface area contributed by atoms with Crippen LogP contribution >= 0.6 is 11.5 Å². The molecule has 0 spiro atoms. The minimum absolute atomic E-state index is 0.539. The molecule has 0 fully saturated rings. The maximum Gasteiger partial charge on any atom is 0.235 e. The zero-order valence-electron chi connectivity index (χ0n) is 9.16. The Hall–Kier alpha value is -1.36. The van der Waals surface area contributed by atoms with Crippen LogP contribution in [-0.4, -0.2) is 17.3 Å². The molecule has 0 aliphatic carbocycles. The van der Waals surface area contributed by atoms with Gasteiger partial charge in [0.2, 0.25) is 6.36 Å². The highest BCUT2D eigenvalue weighted by atomic mass is 32.1. The zero-order chi connectivity index (χ0) is 11.5. The molecular weight excluding hydrogens is 227 g/mol. The minimum Gasteiger partial charge on any atom is -0.460 e. The summed E-state index contributed by atoms with van der Waals surface area (Å²) in [5.41, 5.74) is 0. The summed E-state index contributed by atoms with van der Waals surface area (Å²) in [7, 11) is 0. The second-order valence-electron chi connectivity index (χ2n) is 3.35. The molecule has 3 nitrogen and oxygen atoms in total. The summed E-state index contributed by atoms with van der Waals surface area (Å²) in [6.07, 6.45) is -1.32. The topological polar surface area (TPSA) is 34.2 Å². The van der Waals surface area contributed by atoms with Crippen molar-refractivity contribution in [3.05, 3.63) is 18.2 Å².